The molecule has 0 aromatic carbocycles. The van der Waals surface area contributed by atoms with Gasteiger partial charge in [0.15, 0.2) is 0 Å². The van der Waals surface area contributed by atoms with Gasteiger partial charge in [-0.3, -0.25) is 4.68 Å². The van der Waals surface area contributed by atoms with Gasteiger partial charge in [0.1, 0.15) is 0 Å². The van der Waals surface area contributed by atoms with Crippen LogP contribution in [-0.2, 0) is 11.3 Å². The fourth-order valence-corrected chi connectivity index (χ4v) is 0.865. The van der Waals surface area contributed by atoms with Crippen LogP contribution in [0.2, 0.25) is 0 Å². The third kappa shape index (κ3) is 2.04. The molecule has 0 spiro atoms. The zero-order valence-electron chi connectivity index (χ0n) is 7.19. The maximum absolute atomic E-state index is 9.80. The van der Waals surface area contributed by atoms with E-state index in [1.54, 1.807) is 6.20 Å². The lowest BCUT2D eigenvalue weighted by Gasteiger charge is -2.02. The fourth-order valence-electron chi connectivity index (χ4n) is 0.865. The van der Waals surface area contributed by atoms with Crippen LogP contribution in [0.25, 0.3) is 0 Å². The molecule has 1 aromatic heterocycles. The molecule has 4 nitrogen and oxygen atoms in total. The number of hydrogen-bond acceptors (Lipinski definition) is 3. The molecule has 4 heteroatoms. The number of aliphatic imine (C=N–C) groups is 1. The van der Waals surface area contributed by atoms with E-state index >= 15 is 0 Å². The fraction of sp³-hybridized carbons (Fsp3) is 0.500. The van der Waals surface area contributed by atoms with Crippen molar-refractivity contribution in [3.63, 3.8) is 0 Å². The zero-order chi connectivity index (χ0) is 8.97. The van der Waals surface area contributed by atoms with Gasteiger partial charge >= 0.3 is 0 Å². The molecule has 0 saturated heterocycles. The van der Waals surface area contributed by atoms with Gasteiger partial charge in [-0.1, -0.05) is 0 Å². The summed E-state index contributed by atoms with van der Waals surface area (Å²) in [6.45, 7) is 4.45. The van der Waals surface area contributed by atoms with Crippen molar-refractivity contribution in [2.45, 2.75) is 26.4 Å². The van der Waals surface area contributed by atoms with E-state index in [9.17, 15) is 4.79 Å². The maximum Gasteiger partial charge on any atom is 0.235 e. The van der Waals surface area contributed by atoms with Crippen LogP contribution in [-0.4, -0.2) is 15.9 Å². The largest absolute Gasteiger partial charge is 0.270 e. The molecule has 1 heterocycles. The summed E-state index contributed by atoms with van der Waals surface area (Å²) in [4.78, 5) is 13.3. The van der Waals surface area contributed by atoms with Crippen LogP contribution < -0.4 is 0 Å². The average Bonchev–Trinajstić information content (AvgIpc) is 2.48. The summed E-state index contributed by atoms with van der Waals surface area (Å²) in [5.74, 6) is 0. The molecule has 0 amide bonds. The second kappa shape index (κ2) is 3.83. The molecule has 0 aliphatic rings. The third-order valence-corrected chi connectivity index (χ3v) is 1.51. The Morgan fingerprint density at radius 3 is 3.00 bits per heavy atom. The van der Waals surface area contributed by atoms with Gasteiger partial charge in [0.25, 0.3) is 0 Å². The molecule has 0 fully saturated rings. The molecular weight excluding hydrogens is 154 g/mol. The number of isocyanates is 1. The van der Waals surface area contributed by atoms with E-state index in [0.29, 0.717) is 12.6 Å². The Balaban J connectivity index is 2.70. The number of rotatable bonds is 3. The highest BCUT2D eigenvalue weighted by Gasteiger charge is 1.99. The number of hydrogen-bond donors (Lipinski definition) is 0. The molecule has 0 saturated carbocycles. The lowest BCUT2D eigenvalue weighted by atomic mass is 10.3. The zero-order valence-corrected chi connectivity index (χ0v) is 7.19. The minimum atomic E-state index is 0.346. The number of carbonyl (C=O) groups excluding carboxylic acids is 1. The van der Waals surface area contributed by atoms with Crippen molar-refractivity contribution >= 4 is 6.08 Å². The quantitative estimate of drug-likeness (QED) is 0.500. The maximum atomic E-state index is 9.80. The standard InChI is InChI=1S/C8H11N3O/c1-7(2)11-5-8(4-10-11)3-9-6-12/h4-5,7H,3H2,1-2H3. The van der Waals surface area contributed by atoms with E-state index in [4.69, 9.17) is 0 Å². The molecule has 0 radical (unpaired) electrons. The van der Waals surface area contributed by atoms with Crippen molar-refractivity contribution in [2.75, 3.05) is 0 Å². The minimum Gasteiger partial charge on any atom is -0.270 e. The Morgan fingerprint density at radius 2 is 2.50 bits per heavy atom. The second-order valence-electron chi connectivity index (χ2n) is 2.83. The van der Waals surface area contributed by atoms with Gasteiger partial charge in [-0.15, -0.1) is 0 Å². The highest BCUT2D eigenvalue weighted by atomic mass is 16.1. The molecule has 0 N–H and O–H groups in total. The average molecular weight is 165 g/mol. The highest BCUT2D eigenvalue weighted by molar-refractivity contribution is 5.33. The summed E-state index contributed by atoms with van der Waals surface area (Å²) < 4.78 is 1.83. The van der Waals surface area contributed by atoms with Crippen LogP contribution in [0.4, 0.5) is 0 Å². The first kappa shape index (κ1) is 8.68. The van der Waals surface area contributed by atoms with Crippen molar-refractivity contribution in [1.29, 1.82) is 0 Å². The molecule has 1 rings (SSSR count). The lowest BCUT2D eigenvalue weighted by molar-refractivity contribution is 0.532. The summed E-state index contributed by atoms with van der Waals surface area (Å²) in [6.07, 6.45) is 5.08. The Labute approximate surface area is 70.9 Å². The summed E-state index contributed by atoms with van der Waals surface area (Å²) in [7, 11) is 0. The van der Waals surface area contributed by atoms with E-state index in [1.165, 1.54) is 6.08 Å². The van der Waals surface area contributed by atoms with Crippen LogP contribution in [0.5, 0.6) is 0 Å². The summed E-state index contributed by atoms with van der Waals surface area (Å²) in [5.41, 5.74) is 0.937. The Kier molecular flexibility index (Phi) is 2.77. The topological polar surface area (TPSA) is 47.2 Å². The van der Waals surface area contributed by atoms with Crippen LogP contribution in [0.1, 0.15) is 25.5 Å². The van der Waals surface area contributed by atoms with E-state index in [-0.39, 0.29) is 0 Å². The Bertz CT molecular complexity index is 297. The SMILES string of the molecule is CC(C)n1cc(CN=C=O)cn1. The molecule has 64 valence electrons. The molecule has 0 atom stereocenters. The van der Waals surface area contributed by atoms with Gasteiger partial charge in [0.2, 0.25) is 6.08 Å². The van der Waals surface area contributed by atoms with E-state index in [0.717, 1.165) is 5.56 Å². The Morgan fingerprint density at radius 1 is 1.75 bits per heavy atom. The van der Waals surface area contributed by atoms with Crippen molar-refractivity contribution in [3.05, 3.63) is 18.0 Å². The van der Waals surface area contributed by atoms with Gasteiger partial charge in [-0.25, -0.2) is 9.79 Å². The summed E-state index contributed by atoms with van der Waals surface area (Å²) >= 11 is 0. The van der Waals surface area contributed by atoms with Crippen molar-refractivity contribution < 1.29 is 4.79 Å². The molecule has 1 aromatic rings. The van der Waals surface area contributed by atoms with E-state index in [2.05, 4.69) is 10.1 Å². The van der Waals surface area contributed by atoms with Gasteiger partial charge in [-0.2, -0.15) is 5.10 Å². The first-order valence-corrected chi connectivity index (χ1v) is 3.80. The van der Waals surface area contributed by atoms with Crippen molar-refractivity contribution in [1.82, 2.24) is 9.78 Å². The number of aromatic nitrogens is 2. The van der Waals surface area contributed by atoms with E-state index in [1.807, 2.05) is 24.7 Å². The van der Waals surface area contributed by atoms with Crippen LogP contribution in [0.3, 0.4) is 0 Å². The monoisotopic (exact) mass is 165 g/mol. The predicted octanol–water partition coefficient (Wildman–Crippen LogP) is 1.30. The summed E-state index contributed by atoms with van der Waals surface area (Å²) in [6, 6.07) is 0.346. The first-order chi connectivity index (χ1) is 5.74. The molecule has 0 unspecified atom stereocenters. The first-order valence-electron chi connectivity index (χ1n) is 3.80. The van der Waals surface area contributed by atoms with Crippen LogP contribution in [0, 0.1) is 0 Å². The van der Waals surface area contributed by atoms with Gasteiger partial charge in [0, 0.05) is 17.8 Å². The van der Waals surface area contributed by atoms with Crippen molar-refractivity contribution in [2.24, 2.45) is 4.99 Å². The molecule has 0 aliphatic heterocycles. The highest BCUT2D eigenvalue weighted by Crippen LogP contribution is 2.05. The smallest absolute Gasteiger partial charge is 0.235 e. The minimum absolute atomic E-state index is 0.346. The van der Waals surface area contributed by atoms with Crippen molar-refractivity contribution in [3.8, 4) is 0 Å². The predicted molar refractivity (Wildman–Crippen MR) is 44.4 cm³/mol. The van der Waals surface area contributed by atoms with E-state index < -0.39 is 0 Å². The number of nitrogens with zero attached hydrogens (tertiary/aromatic N) is 3. The molecular formula is C8H11N3O. The third-order valence-electron chi connectivity index (χ3n) is 1.51. The normalized spacial score (nSPS) is 9.92. The molecule has 0 bridgehead atoms. The second-order valence-corrected chi connectivity index (χ2v) is 2.83. The summed E-state index contributed by atoms with van der Waals surface area (Å²) in [5, 5.41) is 4.10. The molecule has 12 heavy (non-hydrogen) atoms. The van der Waals surface area contributed by atoms with Crippen LogP contribution in [0.15, 0.2) is 17.4 Å². The Hall–Kier alpha value is -1.41. The van der Waals surface area contributed by atoms with Crippen LogP contribution >= 0.6 is 0 Å². The lowest BCUT2D eigenvalue weighted by Crippen LogP contribution is -1.99. The van der Waals surface area contributed by atoms with Gasteiger partial charge in [-0.05, 0) is 13.8 Å². The van der Waals surface area contributed by atoms with Gasteiger partial charge < -0.3 is 0 Å². The molecule has 0 aliphatic carbocycles. The van der Waals surface area contributed by atoms with Gasteiger partial charge in [0.05, 0.1) is 12.7 Å².